The Labute approximate surface area is 120 Å². The summed E-state index contributed by atoms with van der Waals surface area (Å²) in [5.41, 5.74) is 0.467. The molecule has 112 valence electrons. The molecule has 0 aromatic carbocycles. The van der Waals surface area contributed by atoms with Crippen LogP contribution >= 0.6 is 0 Å². The number of nitrogens with one attached hydrogen (secondary N) is 1. The van der Waals surface area contributed by atoms with Crippen molar-refractivity contribution in [2.75, 3.05) is 26.7 Å². The molecule has 0 bridgehead atoms. The van der Waals surface area contributed by atoms with Crippen molar-refractivity contribution in [3.8, 4) is 0 Å². The molecule has 1 aliphatic heterocycles. The first-order chi connectivity index (χ1) is 8.94. The van der Waals surface area contributed by atoms with Gasteiger partial charge in [0.1, 0.15) is 0 Å². The molecule has 3 unspecified atom stereocenters. The van der Waals surface area contributed by atoms with Gasteiger partial charge in [0.25, 0.3) is 0 Å². The van der Waals surface area contributed by atoms with Gasteiger partial charge in [0.15, 0.2) is 0 Å². The van der Waals surface area contributed by atoms with Gasteiger partial charge in [0.05, 0.1) is 0 Å². The molecule has 1 aliphatic carbocycles. The summed E-state index contributed by atoms with van der Waals surface area (Å²) in [5, 5.41) is 3.63. The fourth-order valence-corrected chi connectivity index (χ4v) is 4.51. The van der Waals surface area contributed by atoms with Crippen molar-refractivity contribution in [1.29, 1.82) is 0 Å². The third-order valence-electron chi connectivity index (χ3n) is 5.76. The van der Waals surface area contributed by atoms with Gasteiger partial charge < -0.3 is 10.2 Å². The zero-order valence-electron chi connectivity index (χ0n) is 13.7. The SMILES string of the molecule is CNC1C(CN2CCC(C(C)C)C2)CCCC1(C)C. The third kappa shape index (κ3) is 3.52. The molecule has 0 radical (unpaired) electrons. The fraction of sp³-hybridized carbons (Fsp3) is 1.00. The summed E-state index contributed by atoms with van der Waals surface area (Å²) in [7, 11) is 2.16. The maximum atomic E-state index is 3.63. The van der Waals surface area contributed by atoms with Crippen LogP contribution in [0.1, 0.15) is 53.4 Å². The normalized spacial score (nSPS) is 36.0. The van der Waals surface area contributed by atoms with E-state index in [-0.39, 0.29) is 0 Å². The Morgan fingerprint density at radius 3 is 2.58 bits per heavy atom. The molecule has 0 aromatic rings. The topological polar surface area (TPSA) is 15.3 Å². The maximum absolute atomic E-state index is 3.63. The molecule has 0 aromatic heterocycles. The fourth-order valence-electron chi connectivity index (χ4n) is 4.51. The maximum Gasteiger partial charge on any atom is 0.0156 e. The van der Waals surface area contributed by atoms with E-state index in [9.17, 15) is 0 Å². The van der Waals surface area contributed by atoms with E-state index in [1.54, 1.807) is 0 Å². The van der Waals surface area contributed by atoms with Gasteiger partial charge in [-0.1, -0.05) is 34.1 Å². The lowest BCUT2D eigenvalue weighted by atomic mass is 9.68. The van der Waals surface area contributed by atoms with Crippen molar-refractivity contribution in [3.63, 3.8) is 0 Å². The van der Waals surface area contributed by atoms with E-state index < -0.39 is 0 Å². The monoisotopic (exact) mass is 266 g/mol. The van der Waals surface area contributed by atoms with Crippen LogP contribution in [0.15, 0.2) is 0 Å². The van der Waals surface area contributed by atoms with E-state index in [1.807, 2.05) is 0 Å². The van der Waals surface area contributed by atoms with Gasteiger partial charge in [-0.2, -0.15) is 0 Å². The van der Waals surface area contributed by atoms with Crippen LogP contribution in [-0.4, -0.2) is 37.6 Å². The highest BCUT2D eigenvalue weighted by Gasteiger charge is 2.39. The molecule has 0 spiro atoms. The number of nitrogens with zero attached hydrogens (tertiary/aromatic N) is 1. The molecule has 2 nitrogen and oxygen atoms in total. The van der Waals surface area contributed by atoms with E-state index in [2.05, 4.69) is 45.0 Å². The highest BCUT2D eigenvalue weighted by Crippen LogP contribution is 2.39. The highest BCUT2D eigenvalue weighted by molar-refractivity contribution is 4.94. The molecule has 0 amide bonds. The first-order valence-corrected chi connectivity index (χ1v) is 8.33. The van der Waals surface area contributed by atoms with E-state index in [0.717, 1.165) is 17.8 Å². The molecule has 2 fully saturated rings. The van der Waals surface area contributed by atoms with Gasteiger partial charge >= 0.3 is 0 Å². The molecule has 2 aliphatic rings. The van der Waals surface area contributed by atoms with E-state index in [4.69, 9.17) is 0 Å². The summed E-state index contributed by atoms with van der Waals surface area (Å²) in [6.07, 6.45) is 5.62. The first kappa shape index (κ1) is 15.3. The average molecular weight is 266 g/mol. The largest absolute Gasteiger partial charge is 0.316 e. The lowest BCUT2D eigenvalue weighted by Gasteiger charge is -2.45. The lowest BCUT2D eigenvalue weighted by Crippen LogP contribution is -2.51. The second kappa shape index (κ2) is 6.13. The molecule has 2 rings (SSSR count). The van der Waals surface area contributed by atoms with Gasteiger partial charge in [0.2, 0.25) is 0 Å². The smallest absolute Gasteiger partial charge is 0.0156 e. The van der Waals surface area contributed by atoms with Crippen LogP contribution in [0.4, 0.5) is 0 Å². The Morgan fingerprint density at radius 2 is 2.00 bits per heavy atom. The quantitative estimate of drug-likeness (QED) is 0.839. The van der Waals surface area contributed by atoms with Crippen molar-refractivity contribution in [3.05, 3.63) is 0 Å². The Kier molecular flexibility index (Phi) is 4.94. The van der Waals surface area contributed by atoms with Gasteiger partial charge in [-0.25, -0.2) is 0 Å². The Morgan fingerprint density at radius 1 is 1.26 bits per heavy atom. The Balaban J connectivity index is 1.91. The van der Waals surface area contributed by atoms with Gasteiger partial charge in [-0.15, -0.1) is 0 Å². The van der Waals surface area contributed by atoms with Crippen LogP contribution in [0.2, 0.25) is 0 Å². The molecule has 1 saturated carbocycles. The second-order valence-corrected chi connectivity index (χ2v) is 7.96. The van der Waals surface area contributed by atoms with Gasteiger partial charge in [0, 0.05) is 19.1 Å². The number of hydrogen-bond acceptors (Lipinski definition) is 2. The van der Waals surface area contributed by atoms with Crippen molar-refractivity contribution in [2.45, 2.75) is 59.4 Å². The van der Waals surface area contributed by atoms with Crippen molar-refractivity contribution >= 4 is 0 Å². The summed E-state index contributed by atoms with van der Waals surface area (Å²) in [6.45, 7) is 13.6. The molecular formula is C17H34N2. The van der Waals surface area contributed by atoms with Crippen LogP contribution in [0, 0.1) is 23.2 Å². The number of likely N-dealkylation sites (tertiary alicyclic amines) is 1. The van der Waals surface area contributed by atoms with E-state index >= 15 is 0 Å². The van der Waals surface area contributed by atoms with Gasteiger partial charge in [-0.3, -0.25) is 0 Å². The summed E-state index contributed by atoms with van der Waals surface area (Å²) in [4.78, 5) is 2.74. The average Bonchev–Trinajstić information content (AvgIpc) is 2.77. The van der Waals surface area contributed by atoms with E-state index in [1.165, 1.54) is 45.3 Å². The summed E-state index contributed by atoms with van der Waals surface area (Å²) >= 11 is 0. The summed E-state index contributed by atoms with van der Waals surface area (Å²) < 4.78 is 0. The lowest BCUT2D eigenvalue weighted by molar-refractivity contribution is 0.0885. The van der Waals surface area contributed by atoms with E-state index in [0.29, 0.717) is 11.5 Å². The predicted octanol–water partition coefficient (Wildman–Crippen LogP) is 3.38. The Bertz CT molecular complexity index is 285. The third-order valence-corrected chi connectivity index (χ3v) is 5.76. The molecule has 2 heteroatoms. The minimum Gasteiger partial charge on any atom is -0.316 e. The number of hydrogen-bond donors (Lipinski definition) is 1. The minimum atomic E-state index is 0.467. The summed E-state index contributed by atoms with van der Waals surface area (Å²) in [6, 6.07) is 0.694. The molecule has 3 atom stereocenters. The van der Waals surface area contributed by atoms with Crippen molar-refractivity contribution in [2.24, 2.45) is 23.2 Å². The minimum absolute atomic E-state index is 0.467. The predicted molar refractivity (Wildman–Crippen MR) is 83.4 cm³/mol. The zero-order chi connectivity index (χ0) is 14.0. The first-order valence-electron chi connectivity index (χ1n) is 8.33. The van der Waals surface area contributed by atoms with Crippen molar-refractivity contribution in [1.82, 2.24) is 10.2 Å². The van der Waals surface area contributed by atoms with Crippen LogP contribution < -0.4 is 5.32 Å². The second-order valence-electron chi connectivity index (χ2n) is 7.96. The van der Waals surface area contributed by atoms with Crippen LogP contribution in [0.3, 0.4) is 0 Å². The van der Waals surface area contributed by atoms with Crippen LogP contribution in [0.25, 0.3) is 0 Å². The summed E-state index contributed by atoms with van der Waals surface area (Å²) in [5.74, 6) is 2.64. The highest BCUT2D eigenvalue weighted by atomic mass is 15.2. The number of rotatable bonds is 4. The molecular weight excluding hydrogens is 232 g/mol. The van der Waals surface area contributed by atoms with Gasteiger partial charge in [-0.05, 0) is 56.0 Å². The van der Waals surface area contributed by atoms with Crippen LogP contribution in [0.5, 0.6) is 0 Å². The molecule has 1 heterocycles. The zero-order valence-corrected chi connectivity index (χ0v) is 13.7. The standard InChI is InChI=1S/C17H34N2/c1-13(2)14-8-10-19(11-14)12-15-7-6-9-17(3,4)16(15)18-5/h13-16,18H,6-12H2,1-5H3. The molecule has 19 heavy (non-hydrogen) atoms. The Hall–Kier alpha value is -0.0800. The van der Waals surface area contributed by atoms with Crippen molar-refractivity contribution < 1.29 is 0 Å². The molecule has 1 N–H and O–H groups in total. The molecule has 1 saturated heterocycles. The van der Waals surface area contributed by atoms with Crippen LogP contribution in [-0.2, 0) is 0 Å².